The third kappa shape index (κ3) is 5.34. The molecule has 1 aliphatic heterocycles. The van der Waals surface area contributed by atoms with Gasteiger partial charge >= 0.3 is 5.63 Å². The SMILES string of the molecule is COc1cc(C=O)cc2c1O[C@@H]1[C@@H](O)[C@H](N(CC34CC5CC(CC(C5)C3)C4)C(=O)c3cc4ccccc4oc3=O)C=C(C(=O)NCCO)[C@H]21. The van der Waals surface area contributed by atoms with Crippen LogP contribution < -0.4 is 20.4 Å². The summed E-state index contributed by atoms with van der Waals surface area (Å²) in [5.41, 5.74) is 0.296. The molecule has 4 fully saturated rings. The van der Waals surface area contributed by atoms with Crippen LogP contribution in [0.1, 0.15) is 70.7 Å². The lowest BCUT2D eigenvalue weighted by Crippen LogP contribution is -2.60. The number of nitrogens with one attached hydrogen (secondary N) is 1. The van der Waals surface area contributed by atoms with Gasteiger partial charge in [-0.3, -0.25) is 14.4 Å². The molecule has 4 atom stereocenters. The van der Waals surface area contributed by atoms with Crippen LogP contribution in [0.4, 0.5) is 0 Å². The number of benzene rings is 2. The molecule has 2 heterocycles. The van der Waals surface area contributed by atoms with Gasteiger partial charge in [-0.1, -0.05) is 18.2 Å². The minimum absolute atomic E-state index is 0.0136. The zero-order chi connectivity index (χ0) is 34.0. The summed E-state index contributed by atoms with van der Waals surface area (Å²) in [6.45, 7) is -0.00168. The van der Waals surface area contributed by atoms with Gasteiger partial charge in [-0.15, -0.1) is 0 Å². The number of aliphatic hydroxyl groups excluding tert-OH is 2. The molecule has 49 heavy (non-hydrogen) atoms. The Morgan fingerprint density at radius 1 is 1.08 bits per heavy atom. The van der Waals surface area contributed by atoms with Crippen molar-refractivity contribution in [3.63, 3.8) is 0 Å². The number of carbonyl (C=O) groups excluding carboxylic acids is 3. The van der Waals surface area contributed by atoms with Crippen molar-refractivity contribution < 1.29 is 38.5 Å². The molecule has 5 aliphatic carbocycles. The van der Waals surface area contributed by atoms with Crippen LogP contribution in [0.15, 0.2) is 63.3 Å². The summed E-state index contributed by atoms with van der Waals surface area (Å²) in [7, 11) is 1.44. The van der Waals surface area contributed by atoms with E-state index in [1.54, 1.807) is 47.4 Å². The van der Waals surface area contributed by atoms with Crippen molar-refractivity contribution in [3.8, 4) is 11.5 Å². The van der Waals surface area contributed by atoms with Gasteiger partial charge in [0.2, 0.25) is 5.91 Å². The predicted octanol–water partition coefficient (Wildman–Crippen LogP) is 3.60. The molecule has 4 bridgehead atoms. The highest BCUT2D eigenvalue weighted by molar-refractivity contribution is 5.99. The maximum absolute atomic E-state index is 14.8. The van der Waals surface area contributed by atoms with Crippen molar-refractivity contribution in [2.75, 3.05) is 26.8 Å². The molecule has 9 rings (SSSR count). The molecule has 1 aromatic heterocycles. The quantitative estimate of drug-likeness (QED) is 0.229. The number of nitrogens with zero attached hydrogens (tertiary/aromatic N) is 1. The fourth-order valence-electron chi connectivity index (χ4n) is 10.1. The van der Waals surface area contributed by atoms with Gasteiger partial charge in [0.25, 0.3) is 5.91 Å². The number of rotatable bonds is 9. The number of aldehydes is 1. The van der Waals surface area contributed by atoms with Crippen LogP contribution in [0, 0.1) is 23.2 Å². The highest BCUT2D eigenvalue weighted by Gasteiger charge is 2.55. The third-order valence-electron chi connectivity index (χ3n) is 11.6. The van der Waals surface area contributed by atoms with Crippen molar-refractivity contribution in [1.82, 2.24) is 10.2 Å². The predicted molar refractivity (Wildman–Crippen MR) is 178 cm³/mol. The van der Waals surface area contributed by atoms with Crippen LogP contribution in [0.5, 0.6) is 11.5 Å². The minimum atomic E-state index is -1.32. The van der Waals surface area contributed by atoms with Crippen molar-refractivity contribution in [2.24, 2.45) is 23.2 Å². The number of carbonyl (C=O) groups is 3. The topological polar surface area (TPSA) is 156 Å². The van der Waals surface area contributed by atoms with Gasteiger partial charge in [0.15, 0.2) is 11.5 Å². The first-order valence-electron chi connectivity index (χ1n) is 17.2. The summed E-state index contributed by atoms with van der Waals surface area (Å²) in [6, 6.07) is 10.6. The first-order valence-corrected chi connectivity index (χ1v) is 17.2. The van der Waals surface area contributed by atoms with E-state index in [1.807, 2.05) is 0 Å². The maximum atomic E-state index is 14.8. The first kappa shape index (κ1) is 31.8. The molecule has 3 aromatic rings. The largest absolute Gasteiger partial charge is 0.493 e. The van der Waals surface area contributed by atoms with E-state index >= 15 is 0 Å². The number of hydrogen-bond donors (Lipinski definition) is 3. The lowest BCUT2D eigenvalue weighted by atomic mass is 9.49. The molecule has 0 saturated heterocycles. The Bertz CT molecular complexity index is 1900. The van der Waals surface area contributed by atoms with E-state index < -0.39 is 41.6 Å². The van der Waals surface area contributed by atoms with Gasteiger partial charge < -0.3 is 34.3 Å². The zero-order valence-electron chi connectivity index (χ0n) is 27.3. The zero-order valence-corrected chi connectivity index (χ0v) is 27.3. The minimum Gasteiger partial charge on any atom is -0.493 e. The monoisotopic (exact) mass is 668 g/mol. The molecule has 0 spiro atoms. The summed E-state index contributed by atoms with van der Waals surface area (Å²) >= 11 is 0. The Kier molecular flexibility index (Phi) is 7.87. The third-order valence-corrected chi connectivity index (χ3v) is 11.6. The first-order chi connectivity index (χ1) is 23.7. The molecular weight excluding hydrogens is 628 g/mol. The summed E-state index contributed by atoms with van der Waals surface area (Å²) in [5.74, 6) is 0.448. The number of amides is 2. The molecular formula is C38H40N2O9. The smallest absolute Gasteiger partial charge is 0.349 e. The van der Waals surface area contributed by atoms with Crippen molar-refractivity contribution in [3.05, 3.63) is 81.2 Å². The van der Waals surface area contributed by atoms with E-state index in [0.717, 1.165) is 19.3 Å². The molecule has 256 valence electrons. The van der Waals surface area contributed by atoms with Crippen molar-refractivity contribution in [1.29, 1.82) is 0 Å². The van der Waals surface area contributed by atoms with Crippen LogP contribution in [-0.2, 0) is 4.79 Å². The normalized spacial score (nSPS) is 30.6. The van der Waals surface area contributed by atoms with Crippen molar-refractivity contribution >= 4 is 29.1 Å². The van der Waals surface area contributed by atoms with Crippen molar-refractivity contribution in [2.45, 2.75) is 62.7 Å². The molecule has 0 unspecified atom stereocenters. The number of aliphatic hydroxyl groups is 2. The molecule has 2 amide bonds. The average Bonchev–Trinajstić information content (AvgIpc) is 3.48. The van der Waals surface area contributed by atoms with Gasteiger partial charge in [-0.2, -0.15) is 0 Å². The molecule has 11 heteroatoms. The average molecular weight is 669 g/mol. The second kappa shape index (κ2) is 12.1. The fraction of sp³-hybridized carbons (Fsp3) is 0.474. The second-order valence-corrected chi connectivity index (χ2v) is 14.7. The van der Waals surface area contributed by atoms with E-state index in [4.69, 9.17) is 13.9 Å². The lowest BCUT2D eigenvalue weighted by Gasteiger charge is -2.58. The maximum Gasteiger partial charge on any atom is 0.349 e. The number of methoxy groups -OCH3 is 1. The van der Waals surface area contributed by atoms with Gasteiger partial charge in [0.05, 0.1) is 25.7 Å². The Labute approximate surface area is 282 Å². The number of fused-ring (bicyclic) bond motifs is 4. The highest BCUT2D eigenvalue weighted by atomic mass is 16.5. The van der Waals surface area contributed by atoms with E-state index in [2.05, 4.69) is 5.32 Å². The van der Waals surface area contributed by atoms with Gasteiger partial charge in [0, 0.05) is 35.2 Å². The Balaban J connectivity index is 1.26. The van der Waals surface area contributed by atoms with Crippen LogP contribution >= 0.6 is 0 Å². The summed E-state index contributed by atoms with van der Waals surface area (Å²) in [5, 5.41) is 25.1. The Morgan fingerprint density at radius 2 is 1.80 bits per heavy atom. The lowest BCUT2D eigenvalue weighted by molar-refractivity contribution is -0.119. The molecule has 4 saturated carbocycles. The van der Waals surface area contributed by atoms with Crippen LogP contribution in [-0.4, -0.2) is 78.3 Å². The Hall–Kier alpha value is -4.48. The van der Waals surface area contributed by atoms with Crippen LogP contribution in [0.2, 0.25) is 0 Å². The molecule has 11 nitrogen and oxygen atoms in total. The number of para-hydroxylation sites is 1. The standard InChI is InChI=1S/C38H40N2O9/c1-47-30-12-23(18-42)11-25-31-26(35(44)39-6-7-41)14-28(32(43)34(31)49-33(25)30)40(19-38-15-20-8-21(16-38)10-22(9-20)17-38)36(45)27-13-24-4-2-3-5-29(24)48-37(27)46/h2-5,11-14,18,20-22,28,31-32,34,41,43H,6-10,15-17,19H2,1H3,(H,39,44)/t20?,21?,22?,28-,31+,32+,34+,38?/m1/s1. The van der Waals surface area contributed by atoms with Gasteiger partial charge in [-0.25, -0.2) is 4.79 Å². The molecule has 0 radical (unpaired) electrons. The molecule has 3 N–H and O–H groups in total. The number of ether oxygens (including phenoxy) is 2. The van der Waals surface area contributed by atoms with E-state index in [0.29, 0.717) is 58.4 Å². The summed E-state index contributed by atoms with van der Waals surface area (Å²) in [6.07, 6.45) is 6.43. The van der Waals surface area contributed by atoms with Gasteiger partial charge in [-0.05, 0) is 92.0 Å². The van der Waals surface area contributed by atoms with Gasteiger partial charge in [0.1, 0.15) is 29.6 Å². The number of hydrogen-bond acceptors (Lipinski definition) is 9. The molecule has 6 aliphatic rings. The van der Waals surface area contributed by atoms with E-state index in [1.165, 1.54) is 32.4 Å². The highest BCUT2D eigenvalue weighted by Crippen LogP contribution is 2.60. The fourth-order valence-corrected chi connectivity index (χ4v) is 10.1. The van der Waals surface area contributed by atoms with Crippen LogP contribution in [0.25, 0.3) is 11.0 Å². The summed E-state index contributed by atoms with van der Waals surface area (Å²) in [4.78, 5) is 55.5. The van der Waals surface area contributed by atoms with Crippen LogP contribution in [0.3, 0.4) is 0 Å². The summed E-state index contributed by atoms with van der Waals surface area (Å²) < 4.78 is 17.5. The molecule has 2 aromatic carbocycles. The second-order valence-electron chi connectivity index (χ2n) is 14.7. The Morgan fingerprint density at radius 3 is 2.47 bits per heavy atom. The van der Waals surface area contributed by atoms with E-state index in [9.17, 15) is 29.4 Å². The van der Waals surface area contributed by atoms with E-state index in [-0.39, 0.29) is 35.5 Å².